The maximum absolute atomic E-state index is 14.5. The molecule has 0 radical (unpaired) electrons. The molecule has 1 aliphatic rings. The summed E-state index contributed by atoms with van der Waals surface area (Å²) in [7, 11) is 5.79. The Morgan fingerprint density at radius 1 is 1.07 bits per heavy atom. The number of halogens is 1. The predicted octanol–water partition coefficient (Wildman–Crippen LogP) is 4.71. The van der Waals surface area contributed by atoms with E-state index in [1.165, 1.54) is 18.2 Å². The second-order valence-corrected chi connectivity index (χ2v) is 11.6. The van der Waals surface area contributed by atoms with Crippen LogP contribution in [0.1, 0.15) is 45.6 Å². The van der Waals surface area contributed by atoms with Gasteiger partial charge in [-0.2, -0.15) is 0 Å². The van der Waals surface area contributed by atoms with Gasteiger partial charge in [-0.25, -0.2) is 4.39 Å². The molecule has 3 N–H and O–H groups in total. The number of amides is 2. The number of nitrogens with one attached hydrogen (secondary N) is 3. The van der Waals surface area contributed by atoms with Gasteiger partial charge in [-0.1, -0.05) is 6.08 Å². The monoisotopic (exact) mass is 603 g/mol. The minimum atomic E-state index is -0.496. The average Bonchev–Trinajstić information content (AvgIpc) is 2.96. The molecule has 0 unspecified atom stereocenters. The minimum absolute atomic E-state index is 0.0617. The summed E-state index contributed by atoms with van der Waals surface area (Å²) in [5.41, 5.74) is 5.35. The van der Waals surface area contributed by atoms with Gasteiger partial charge in [0.05, 0.1) is 5.69 Å². The van der Waals surface area contributed by atoms with Crippen LogP contribution in [-0.2, 0) is 16.1 Å². The van der Waals surface area contributed by atoms with Gasteiger partial charge in [0.1, 0.15) is 5.82 Å². The fourth-order valence-electron chi connectivity index (χ4n) is 5.51. The molecule has 0 atom stereocenters. The van der Waals surface area contributed by atoms with Crippen molar-refractivity contribution in [3.8, 4) is 11.1 Å². The van der Waals surface area contributed by atoms with Crippen molar-refractivity contribution in [1.29, 1.82) is 0 Å². The highest BCUT2D eigenvalue weighted by Gasteiger charge is 2.24. The molecule has 9 nitrogen and oxygen atoms in total. The van der Waals surface area contributed by atoms with E-state index in [1.807, 2.05) is 58.9 Å². The van der Waals surface area contributed by atoms with E-state index in [0.29, 0.717) is 47.7 Å². The van der Waals surface area contributed by atoms with E-state index in [-0.39, 0.29) is 30.0 Å². The molecule has 1 aliphatic heterocycles. The van der Waals surface area contributed by atoms with E-state index < -0.39 is 5.82 Å². The highest BCUT2D eigenvalue weighted by Crippen LogP contribution is 2.36. The first-order valence-corrected chi connectivity index (χ1v) is 14.8. The van der Waals surface area contributed by atoms with Crippen LogP contribution in [-0.4, -0.2) is 68.6 Å². The van der Waals surface area contributed by atoms with Crippen molar-refractivity contribution in [2.75, 3.05) is 51.1 Å². The van der Waals surface area contributed by atoms with Gasteiger partial charge in [-0.3, -0.25) is 14.4 Å². The molecule has 0 aliphatic carbocycles. The van der Waals surface area contributed by atoms with Crippen molar-refractivity contribution < 1.29 is 18.7 Å². The van der Waals surface area contributed by atoms with E-state index in [0.717, 1.165) is 35.3 Å². The molecule has 1 aromatic heterocycles. The molecule has 2 amide bonds. The first-order valence-electron chi connectivity index (χ1n) is 14.8. The van der Waals surface area contributed by atoms with Crippen LogP contribution in [0.2, 0.25) is 0 Å². The summed E-state index contributed by atoms with van der Waals surface area (Å²) in [4.78, 5) is 46.0. The number of aromatic nitrogens is 1. The van der Waals surface area contributed by atoms with E-state index >= 15 is 0 Å². The Morgan fingerprint density at radius 3 is 2.48 bits per heavy atom. The van der Waals surface area contributed by atoms with Gasteiger partial charge in [0.15, 0.2) is 0 Å². The molecule has 0 spiro atoms. The lowest BCUT2D eigenvalue weighted by Crippen LogP contribution is -2.37. The van der Waals surface area contributed by atoms with Crippen LogP contribution in [0.4, 0.5) is 15.8 Å². The summed E-state index contributed by atoms with van der Waals surface area (Å²) < 4.78 is 20.0. The molecule has 2 aromatic carbocycles. The fourth-order valence-corrected chi connectivity index (χ4v) is 5.51. The number of pyridine rings is 1. The Labute approximate surface area is 258 Å². The summed E-state index contributed by atoms with van der Waals surface area (Å²) in [5, 5.41) is 5.74. The molecule has 10 heteroatoms. The third-order valence-electron chi connectivity index (χ3n) is 7.95. The minimum Gasteiger partial charge on any atom is -0.381 e. The predicted molar refractivity (Wildman–Crippen MR) is 173 cm³/mol. The summed E-state index contributed by atoms with van der Waals surface area (Å²) in [5.74, 6) is -1.23. The standard InChI is InChI=1S/C34H42FN5O4/c1-21-16-22(2)37-34(43)29(21)20-36-33(42)28-17-24(18-31(23(28)3)40(6)26-11-14-44-15-12-26)27-10-9-25(35)19-30(27)38-32(41)8-7-13-39(4)5/h7-10,16-19,26H,11-15,20H2,1-6H3,(H,36,42)(H,37,43)(H,38,41)/b8-7+. The largest absolute Gasteiger partial charge is 0.381 e. The SMILES string of the molecule is Cc1cc(C)c(CNC(=O)c2cc(-c3ccc(F)cc3NC(=O)/C=C/CN(C)C)cc(N(C)C3CCOCC3)c2C)c(=O)[nH]1. The normalized spacial score (nSPS) is 13.8. The van der Waals surface area contributed by atoms with Crippen LogP contribution in [0.25, 0.3) is 11.1 Å². The number of hydrogen-bond donors (Lipinski definition) is 3. The third kappa shape index (κ3) is 8.00. The number of ether oxygens (including phenoxy) is 1. The smallest absolute Gasteiger partial charge is 0.253 e. The first-order chi connectivity index (χ1) is 20.9. The lowest BCUT2D eigenvalue weighted by Gasteiger charge is -2.34. The molecule has 234 valence electrons. The number of aromatic amines is 1. The highest BCUT2D eigenvalue weighted by molar-refractivity contribution is 6.03. The van der Waals surface area contributed by atoms with Gasteiger partial charge >= 0.3 is 0 Å². The van der Waals surface area contributed by atoms with E-state index in [2.05, 4.69) is 20.5 Å². The Bertz CT molecular complexity index is 1610. The molecular weight excluding hydrogens is 561 g/mol. The Kier molecular flexibility index (Phi) is 10.7. The van der Waals surface area contributed by atoms with E-state index in [4.69, 9.17) is 4.74 Å². The third-order valence-corrected chi connectivity index (χ3v) is 7.95. The number of anilines is 2. The van der Waals surface area contributed by atoms with Crippen LogP contribution < -0.4 is 21.1 Å². The zero-order chi connectivity index (χ0) is 32.0. The number of carbonyl (C=O) groups excluding carboxylic acids is 2. The zero-order valence-electron chi connectivity index (χ0n) is 26.3. The maximum Gasteiger partial charge on any atom is 0.253 e. The van der Waals surface area contributed by atoms with Crippen molar-refractivity contribution in [3.05, 3.63) is 92.7 Å². The second kappa shape index (κ2) is 14.5. The van der Waals surface area contributed by atoms with Crippen molar-refractivity contribution in [3.63, 3.8) is 0 Å². The number of benzene rings is 2. The van der Waals surface area contributed by atoms with E-state index in [9.17, 15) is 18.8 Å². The van der Waals surface area contributed by atoms with Gasteiger partial charge in [0, 0.05) is 73.5 Å². The van der Waals surface area contributed by atoms with Crippen LogP contribution in [0.5, 0.6) is 0 Å². The molecule has 3 aromatic rings. The summed E-state index contributed by atoms with van der Waals surface area (Å²) in [6, 6.07) is 10.0. The quantitative estimate of drug-likeness (QED) is 0.290. The molecule has 0 saturated carbocycles. The van der Waals surface area contributed by atoms with Crippen LogP contribution in [0.3, 0.4) is 0 Å². The summed E-state index contributed by atoms with van der Waals surface area (Å²) >= 11 is 0. The second-order valence-electron chi connectivity index (χ2n) is 11.6. The lowest BCUT2D eigenvalue weighted by atomic mass is 9.94. The molecule has 1 saturated heterocycles. The summed E-state index contributed by atoms with van der Waals surface area (Å²) in [6.45, 7) is 7.51. The maximum atomic E-state index is 14.5. The Morgan fingerprint density at radius 2 is 1.80 bits per heavy atom. The summed E-state index contributed by atoms with van der Waals surface area (Å²) in [6.07, 6.45) is 4.83. The number of H-pyrrole nitrogens is 1. The van der Waals surface area contributed by atoms with Gasteiger partial charge in [0.25, 0.3) is 11.5 Å². The van der Waals surface area contributed by atoms with Crippen LogP contribution in [0, 0.1) is 26.6 Å². The molecular formula is C34H42FN5O4. The average molecular weight is 604 g/mol. The first kappa shape index (κ1) is 32.6. The van der Waals surface area contributed by atoms with Gasteiger partial charge in [0.2, 0.25) is 5.91 Å². The van der Waals surface area contributed by atoms with Gasteiger partial charge < -0.3 is 30.2 Å². The number of carbonyl (C=O) groups is 2. The molecule has 1 fully saturated rings. The number of aryl methyl sites for hydroxylation is 2. The van der Waals surface area contributed by atoms with E-state index in [1.54, 1.807) is 18.2 Å². The lowest BCUT2D eigenvalue weighted by molar-refractivity contribution is -0.111. The number of likely N-dealkylation sites (N-methyl/N-ethyl adjacent to an activating group) is 1. The van der Waals surface area contributed by atoms with Crippen molar-refractivity contribution in [1.82, 2.24) is 15.2 Å². The molecule has 0 bridgehead atoms. The van der Waals surface area contributed by atoms with Crippen molar-refractivity contribution >= 4 is 23.2 Å². The van der Waals surface area contributed by atoms with Crippen LogP contribution in [0.15, 0.2) is 53.3 Å². The van der Waals surface area contributed by atoms with Crippen molar-refractivity contribution in [2.45, 2.75) is 46.2 Å². The van der Waals surface area contributed by atoms with Gasteiger partial charge in [-0.05, 0) is 101 Å². The molecule has 2 heterocycles. The molecule has 44 heavy (non-hydrogen) atoms. The zero-order valence-corrected chi connectivity index (χ0v) is 26.3. The number of nitrogens with zero attached hydrogens (tertiary/aromatic N) is 2. The number of rotatable bonds is 10. The van der Waals surface area contributed by atoms with Gasteiger partial charge in [-0.15, -0.1) is 0 Å². The Hall–Kier alpha value is -4.28. The van der Waals surface area contributed by atoms with Crippen LogP contribution >= 0.6 is 0 Å². The topological polar surface area (TPSA) is 107 Å². The highest BCUT2D eigenvalue weighted by atomic mass is 19.1. The molecule has 4 rings (SSSR count). The number of hydrogen-bond acceptors (Lipinski definition) is 6. The van der Waals surface area contributed by atoms with Crippen molar-refractivity contribution in [2.24, 2.45) is 0 Å². The Balaban J connectivity index is 1.75. The fraction of sp³-hybridized carbons (Fsp3) is 0.382.